The minimum atomic E-state index is -0.0932. The van der Waals surface area contributed by atoms with Crippen LogP contribution in [-0.4, -0.2) is 9.55 Å². The molecule has 1 saturated carbocycles. The van der Waals surface area contributed by atoms with Crippen molar-refractivity contribution in [2.45, 2.75) is 51.9 Å². The minimum absolute atomic E-state index is 0.0932. The monoisotopic (exact) mass is 220 g/mol. The van der Waals surface area contributed by atoms with Crippen molar-refractivity contribution in [3.8, 4) is 0 Å². The summed E-state index contributed by atoms with van der Waals surface area (Å²) in [6, 6.07) is 0. The molecule has 0 spiro atoms. The van der Waals surface area contributed by atoms with Crippen LogP contribution in [0.3, 0.4) is 0 Å². The highest BCUT2D eigenvalue weighted by molar-refractivity contribution is 5.27. The molecule has 1 heterocycles. The van der Waals surface area contributed by atoms with Crippen molar-refractivity contribution in [1.82, 2.24) is 9.55 Å². The Hall–Kier alpha value is -1.12. The SMILES string of the molecule is CCc1nc(=O)n(C)c(C2CCCC2)c1C. The van der Waals surface area contributed by atoms with E-state index in [1.165, 1.54) is 36.9 Å². The summed E-state index contributed by atoms with van der Waals surface area (Å²) in [5.74, 6) is 0.575. The number of hydrogen-bond acceptors (Lipinski definition) is 2. The highest BCUT2D eigenvalue weighted by Gasteiger charge is 2.23. The first kappa shape index (κ1) is 11.4. The molecule has 0 aliphatic heterocycles. The van der Waals surface area contributed by atoms with Crippen LogP contribution in [0, 0.1) is 6.92 Å². The second-order valence-corrected chi connectivity index (χ2v) is 4.75. The molecule has 88 valence electrons. The van der Waals surface area contributed by atoms with E-state index in [4.69, 9.17) is 0 Å². The van der Waals surface area contributed by atoms with Gasteiger partial charge in [-0.15, -0.1) is 0 Å². The predicted molar refractivity (Wildman–Crippen MR) is 64.8 cm³/mol. The van der Waals surface area contributed by atoms with Gasteiger partial charge in [0.1, 0.15) is 0 Å². The molecule has 2 rings (SSSR count). The smallest absolute Gasteiger partial charge is 0.299 e. The Morgan fingerprint density at radius 2 is 2.00 bits per heavy atom. The largest absolute Gasteiger partial charge is 0.347 e. The maximum Gasteiger partial charge on any atom is 0.347 e. The Kier molecular flexibility index (Phi) is 3.13. The zero-order chi connectivity index (χ0) is 11.7. The first-order chi connectivity index (χ1) is 7.65. The number of aromatic nitrogens is 2. The number of nitrogens with zero attached hydrogens (tertiary/aromatic N) is 2. The van der Waals surface area contributed by atoms with Gasteiger partial charge in [-0.2, -0.15) is 4.98 Å². The van der Waals surface area contributed by atoms with Gasteiger partial charge in [-0.25, -0.2) is 4.79 Å². The fraction of sp³-hybridized carbons (Fsp3) is 0.692. The molecular weight excluding hydrogens is 200 g/mol. The normalized spacial score (nSPS) is 16.9. The summed E-state index contributed by atoms with van der Waals surface area (Å²) in [7, 11) is 1.86. The fourth-order valence-electron chi connectivity index (χ4n) is 2.90. The summed E-state index contributed by atoms with van der Waals surface area (Å²) in [5.41, 5.74) is 3.35. The average Bonchev–Trinajstić information content (AvgIpc) is 2.77. The molecule has 0 bridgehead atoms. The Morgan fingerprint density at radius 1 is 1.38 bits per heavy atom. The molecule has 1 aromatic heterocycles. The maximum absolute atomic E-state index is 11.8. The number of aryl methyl sites for hydroxylation is 1. The lowest BCUT2D eigenvalue weighted by molar-refractivity contribution is 0.610. The van der Waals surface area contributed by atoms with Crippen LogP contribution in [0.1, 0.15) is 55.5 Å². The molecule has 0 aromatic carbocycles. The minimum Gasteiger partial charge on any atom is -0.299 e. The molecule has 0 radical (unpaired) electrons. The van der Waals surface area contributed by atoms with E-state index in [0.29, 0.717) is 5.92 Å². The molecule has 0 atom stereocenters. The summed E-state index contributed by atoms with van der Waals surface area (Å²) in [6.07, 6.45) is 5.88. The lowest BCUT2D eigenvalue weighted by Gasteiger charge is -2.18. The highest BCUT2D eigenvalue weighted by Crippen LogP contribution is 2.35. The van der Waals surface area contributed by atoms with E-state index in [0.717, 1.165) is 12.1 Å². The maximum atomic E-state index is 11.8. The molecule has 0 N–H and O–H groups in total. The molecule has 3 heteroatoms. The quantitative estimate of drug-likeness (QED) is 0.766. The van der Waals surface area contributed by atoms with Gasteiger partial charge in [-0.05, 0) is 37.7 Å². The Morgan fingerprint density at radius 3 is 2.56 bits per heavy atom. The van der Waals surface area contributed by atoms with Gasteiger partial charge in [0, 0.05) is 12.7 Å². The van der Waals surface area contributed by atoms with Crippen LogP contribution in [-0.2, 0) is 13.5 Å². The molecule has 0 unspecified atom stereocenters. The van der Waals surface area contributed by atoms with Crippen LogP contribution in [0.4, 0.5) is 0 Å². The summed E-state index contributed by atoms with van der Waals surface area (Å²) in [6.45, 7) is 4.17. The van der Waals surface area contributed by atoms with Gasteiger partial charge < -0.3 is 0 Å². The summed E-state index contributed by atoms with van der Waals surface area (Å²) in [4.78, 5) is 15.9. The molecule has 1 aliphatic rings. The van der Waals surface area contributed by atoms with E-state index in [9.17, 15) is 4.79 Å². The van der Waals surface area contributed by atoms with Crippen LogP contribution < -0.4 is 5.69 Å². The Labute approximate surface area is 96.5 Å². The molecular formula is C13H20N2O. The molecule has 1 aromatic rings. The third-order valence-electron chi connectivity index (χ3n) is 3.77. The molecule has 3 nitrogen and oxygen atoms in total. The highest BCUT2D eigenvalue weighted by atomic mass is 16.1. The second kappa shape index (κ2) is 4.40. The van der Waals surface area contributed by atoms with Crippen molar-refractivity contribution < 1.29 is 0 Å². The number of hydrogen-bond donors (Lipinski definition) is 0. The van der Waals surface area contributed by atoms with Gasteiger partial charge in [-0.1, -0.05) is 19.8 Å². The topological polar surface area (TPSA) is 34.9 Å². The van der Waals surface area contributed by atoms with Crippen molar-refractivity contribution in [3.05, 3.63) is 27.4 Å². The Bertz CT molecular complexity index is 442. The third-order valence-corrected chi connectivity index (χ3v) is 3.77. The molecule has 16 heavy (non-hydrogen) atoms. The van der Waals surface area contributed by atoms with Crippen molar-refractivity contribution in [2.75, 3.05) is 0 Å². The van der Waals surface area contributed by atoms with Gasteiger partial charge in [0.25, 0.3) is 0 Å². The van der Waals surface area contributed by atoms with E-state index in [1.54, 1.807) is 4.57 Å². The standard InChI is InChI=1S/C13H20N2O/c1-4-11-9(2)12(10-7-5-6-8-10)15(3)13(16)14-11/h10H,4-8H2,1-3H3. The van der Waals surface area contributed by atoms with Crippen LogP contribution in [0.2, 0.25) is 0 Å². The van der Waals surface area contributed by atoms with E-state index in [2.05, 4.69) is 18.8 Å². The van der Waals surface area contributed by atoms with Crippen molar-refractivity contribution >= 4 is 0 Å². The van der Waals surface area contributed by atoms with Gasteiger partial charge in [0.2, 0.25) is 0 Å². The van der Waals surface area contributed by atoms with Gasteiger partial charge in [-0.3, -0.25) is 4.57 Å². The second-order valence-electron chi connectivity index (χ2n) is 4.75. The predicted octanol–water partition coefficient (Wildman–Crippen LogP) is 2.31. The molecule has 0 amide bonds. The molecule has 0 saturated heterocycles. The molecule has 1 aliphatic carbocycles. The van der Waals surface area contributed by atoms with Crippen molar-refractivity contribution in [2.24, 2.45) is 7.05 Å². The average molecular weight is 220 g/mol. The van der Waals surface area contributed by atoms with Gasteiger partial charge in [0.05, 0.1) is 5.69 Å². The summed E-state index contributed by atoms with van der Waals surface area (Å²) >= 11 is 0. The lowest BCUT2D eigenvalue weighted by atomic mass is 9.97. The van der Waals surface area contributed by atoms with Crippen LogP contribution in [0.25, 0.3) is 0 Å². The fourth-order valence-corrected chi connectivity index (χ4v) is 2.90. The molecule has 1 fully saturated rings. The third kappa shape index (κ3) is 1.79. The zero-order valence-corrected chi connectivity index (χ0v) is 10.4. The van der Waals surface area contributed by atoms with Crippen LogP contribution in [0.5, 0.6) is 0 Å². The van der Waals surface area contributed by atoms with E-state index in [-0.39, 0.29) is 5.69 Å². The van der Waals surface area contributed by atoms with Crippen molar-refractivity contribution in [3.63, 3.8) is 0 Å². The van der Waals surface area contributed by atoms with Gasteiger partial charge in [0.15, 0.2) is 0 Å². The van der Waals surface area contributed by atoms with Crippen molar-refractivity contribution in [1.29, 1.82) is 0 Å². The zero-order valence-electron chi connectivity index (χ0n) is 10.4. The lowest BCUT2D eigenvalue weighted by Crippen LogP contribution is -2.27. The first-order valence-corrected chi connectivity index (χ1v) is 6.21. The Balaban J connectivity index is 2.57. The summed E-state index contributed by atoms with van der Waals surface area (Å²) in [5, 5.41) is 0. The van der Waals surface area contributed by atoms with E-state index in [1.807, 2.05) is 7.05 Å². The van der Waals surface area contributed by atoms with E-state index < -0.39 is 0 Å². The summed E-state index contributed by atoms with van der Waals surface area (Å²) < 4.78 is 1.75. The number of rotatable bonds is 2. The van der Waals surface area contributed by atoms with Crippen LogP contribution >= 0.6 is 0 Å². The van der Waals surface area contributed by atoms with Gasteiger partial charge >= 0.3 is 5.69 Å². The van der Waals surface area contributed by atoms with Crippen LogP contribution in [0.15, 0.2) is 4.79 Å². The van der Waals surface area contributed by atoms with E-state index >= 15 is 0 Å². The first-order valence-electron chi connectivity index (χ1n) is 6.21.